The lowest BCUT2D eigenvalue weighted by atomic mass is 10.1. The van der Waals surface area contributed by atoms with Crippen LogP contribution in [0.5, 0.6) is 5.88 Å². The lowest BCUT2D eigenvalue weighted by Gasteiger charge is -2.31. The van der Waals surface area contributed by atoms with E-state index in [0.717, 1.165) is 38.4 Å². The lowest BCUT2D eigenvalue weighted by Crippen LogP contribution is -2.41. The maximum atomic E-state index is 13.3. The highest BCUT2D eigenvalue weighted by molar-refractivity contribution is 5.96. The summed E-state index contributed by atoms with van der Waals surface area (Å²) in [6, 6.07) is 5.57. The molecule has 2 aliphatic heterocycles. The molecule has 1 amide bonds. The van der Waals surface area contributed by atoms with Crippen LogP contribution in [0.2, 0.25) is 0 Å². The third-order valence-corrected chi connectivity index (χ3v) is 5.51. The van der Waals surface area contributed by atoms with Crippen molar-refractivity contribution in [3.63, 3.8) is 0 Å². The van der Waals surface area contributed by atoms with Gasteiger partial charge in [0.1, 0.15) is 5.56 Å². The molecule has 1 unspecified atom stereocenters. The van der Waals surface area contributed by atoms with Gasteiger partial charge in [-0.3, -0.25) is 9.48 Å². The van der Waals surface area contributed by atoms with Crippen LogP contribution in [-0.4, -0.2) is 63.8 Å². The number of nitrogens with zero attached hydrogens (tertiary/aromatic N) is 5. The largest absolute Gasteiger partial charge is 0.480 e. The first-order chi connectivity index (χ1) is 13.2. The maximum Gasteiger partial charge on any atom is 0.259 e. The van der Waals surface area contributed by atoms with Gasteiger partial charge >= 0.3 is 0 Å². The summed E-state index contributed by atoms with van der Waals surface area (Å²) in [7, 11) is 1.55. The highest BCUT2D eigenvalue weighted by Crippen LogP contribution is 2.23. The Hall–Kier alpha value is -2.41. The average molecular weight is 369 g/mol. The smallest absolute Gasteiger partial charge is 0.259 e. The number of ether oxygens (including phenoxy) is 1. The van der Waals surface area contributed by atoms with Gasteiger partial charge in [-0.15, -0.1) is 0 Å². The molecule has 144 valence electrons. The zero-order valence-electron chi connectivity index (χ0n) is 15.9. The van der Waals surface area contributed by atoms with Gasteiger partial charge < -0.3 is 14.5 Å². The molecule has 7 nitrogen and oxygen atoms in total. The van der Waals surface area contributed by atoms with E-state index in [1.54, 1.807) is 25.4 Å². The molecule has 0 saturated carbocycles. The van der Waals surface area contributed by atoms with Gasteiger partial charge in [0.05, 0.1) is 19.3 Å². The van der Waals surface area contributed by atoms with Gasteiger partial charge in [-0.05, 0) is 44.1 Å². The first-order valence-corrected chi connectivity index (χ1v) is 9.76. The highest BCUT2D eigenvalue weighted by Gasteiger charge is 2.29. The Balaban J connectivity index is 1.56. The van der Waals surface area contributed by atoms with Crippen molar-refractivity contribution in [2.75, 3.05) is 33.3 Å². The molecule has 27 heavy (non-hydrogen) atoms. The minimum atomic E-state index is -0.0294. The molecule has 1 fully saturated rings. The second-order valence-electron chi connectivity index (χ2n) is 7.48. The van der Waals surface area contributed by atoms with E-state index in [9.17, 15) is 4.79 Å². The summed E-state index contributed by atoms with van der Waals surface area (Å²) >= 11 is 0. The molecular formula is C20H27N5O2. The number of hydrogen-bond acceptors (Lipinski definition) is 5. The number of carbonyl (C=O) groups excluding carboxylic acids is 1. The Labute approximate surface area is 159 Å². The van der Waals surface area contributed by atoms with Crippen LogP contribution in [0.3, 0.4) is 0 Å². The predicted molar refractivity (Wildman–Crippen MR) is 102 cm³/mol. The third-order valence-electron chi connectivity index (χ3n) is 5.51. The third kappa shape index (κ3) is 3.98. The number of likely N-dealkylation sites (tertiary alicyclic amines) is 1. The van der Waals surface area contributed by atoms with Gasteiger partial charge in [0, 0.05) is 37.9 Å². The quantitative estimate of drug-likeness (QED) is 0.825. The second-order valence-corrected chi connectivity index (χ2v) is 7.48. The van der Waals surface area contributed by atoms with E-state index in [2.05, 4.69) is 19.7 Å². The van der Waals surface area contributed by atoms with Gasteiger partial charge in [0.25, 0.3) is 5.91 Å². The number of piperidine rings is 1. The van der Waals surface area contributed by atoms with E-state index < -0.39 is 0 Å². The van der Waals surface area contributed by atoms with E-state index in [-0.39, 0.29) is 5.91 Å². The zero-order chi connectivity index (χ0) is 18.6. The SMILES string of the molecule is COc1ncccc1C(=O)N1Cc2ccnn2CC(CN2CCCCC2)C1. The molecule has 0 bridgehead atoms. The Kier molecular flexibility index (Phi) is 5.38. The molecule has 4 rings (SSSR count). The van der Waals surface area contributed by atoms with Crippen LogP contribution < -0.4 is 4.74 Å². The number of fused-ring (bicyclic) bond motifs is 1. The summed E-state index contributed by atoms with van der Waals surface area (Å²) < 4.78 is 7.36. The number of methoxy groups -OCH3 is 1. The molecule has 7 heteroatoms. The van der Waals surface area contributed by atoms with E-state index in [1.165, 1.54) is 19.3 Å². The summed E-state index contributed by atoms with van der Waals surface area (Å²) in [6.45, 7) is 5.46. The van der Waals surface area contributed by atoms with Crippen molar-refractivity contribution in [1.29, 1.82) is 0 Å². The molecular weight excluding hydrogens is 342 g/mol. The molecule has 1 atom stereocenters. The second kappa shape index (κ2) is 8.08. The van der Waals surface area contributed by atoms with E-state index in [4.69, 9.17) is 4.74 Å². The molecule has 0 aromatic carbocycles. The number of rotatable bonds is 4. The summed E-state index contributed by atoms with van der Waals surface area (Å²) in [4.78, 5) is 21.9. The summed E-state index contributed by atoms with van der Waals surface area (Å²) in [5, 5.41) is 4.48. The van der Waals surface area contributed by atoms with Gasteiger partial charge in [-0.25, -0.2) is 4.98 Å². The summed E-state index contributed by atoms with van der Waals surface area (Å²) in [5.74, 6) is 0.710. The molecule has 0 N–H and O–H groups in total. The molecule has 0 spiro atoms. The van der Waals surface area contributed by atoms with Crippen molar-refractivity contribution in [2.24, 2.45) is 5.92 Å². The van der Waals surface area contributed by atoms with Gasteiger partial charge in [-0.1, -0.05) is 6.42 Å². The molecule has 2 aliphatic rings. The molecule has 0 aliphatic carbocycles. The monoisotopic (exact) mass is 369 g/mol. The predicted octanol–water partition coefficient (Wildman–Crippen LogP) is 2.04. The number of hydrogen-bond donors (Lipinski definition) is 0. The first kappa shape index (κ1) is 18.0. The fourth-order valence-electron chi connectivity index (χ4n) is 4.20. The van der Waals surface area contributed by atoms with Crippen molar-refractivity contribution in [3.8, 4) is 5.88 Å². The first-order valence-electron chi connectivity index (χ1n) is 9.76. The van der Waals surface area contributed by atoms with Crippen LogP contribution in [0.15, 0.2) is 30.6 Å². The van der Waals surface area contributed by atoms with Crippen LogP contribution in [-0.2, 0) is 13.1 Å². The van der Waals surface area contributed by atoms with Crippen molar-refractivity contribution in [3.05, 3.63) is 41.9 Å². The average Bonchev–Trinajstić information content (AvgIpc) is 3.06. The standard InChI is InChI=1S/C20H27N5O2/c1-27-19-18(6-5-8-21-19)20(26)24-13-16(12-23-10-3-2-4-11-23)14-25-17(15-24)7-9-22-25/h5-9,16H,2-4,10-15H2,1H3. The molecule has 1 saturated heterocycles. The summed E-state index contributed by atoms with van der Waals surface area (Å²) in [5.41, 5.74) is 1.59. The Bertz CT molecular complexity index is 784. The van der Waals surface area contributed by atoms with Gasteiger partial charge in [0.15, 0.2) is 0 Å². The summed E-state index contributed by atoms with van der Waals surface area (Å²) in [6.07, 6.45) is 7.35. The minimum Gasteiger partial charge on any atom is -0.480 e. The topological polar surface area (TPSA) is 63.5 Å². The van der Waals surface area contributed by atoms with Gasteiger partial charge in [-0.2, -0.15) is 5.10 Å². The molecule has 2 aromatic rings. The van der Waals surface area contributed by atoms with Crippen LogP contribution >= 0.6 is 0 Å². The van der Waals surface area contributed by atoms with Crippen LogP contribution in [0.4, 0.5) is 0 Å². The van der Waals surface area contributed by atoms with E-state index in [0.29, 0.717) is 23.9 Å². The lowest BCUT2D eigenvalue weighted by molar-refractivity contribution is 0.0695. The van der Waals surface area contributed by atoms with E-state index >= 15 is 0 Å². The molecule has 4 heterocycles. The number of pyridine rings is 1. The van der Waals surface area contributed by atoms with Gasteiger partial charge in [0.2, 0.25) is 5.88 Å². The van der Waals surface area contributed by atoms with Crippen molar-refractivity contribution in [2.45, 2.75) is 32.4 Å². The van der Waals surface area contributed by atoms with Crippen molar-refractivity contribution < 1.29 is 9.53 Å². The highest BCUT2D eigenvalue weighted by atomic mass is 16.5. The number of aromatic nitrogens is 3. The number of carbonyl (C=O) groups is 1. The van der Waals surface area contributed by atoms with Crippen molar-refractivity contribution >= 4 is 5.91 Å². The molecule has 2 aromatic heterocycles. The Morgan fingerprint density at radius 1 is 1.19 bits per heavy atom. The Morgan fingerprint density at radius 3 is 2.85 bits per heavy atom. The van der Waals surface area contributed by atoms with Crippen LogP contribution in [0, 0.1) is 5.92 Å². The zero-order valence-corrected chi connectivity index (χ0v) is 15.9. The van der Waals surface area contributed by atoms with Crippen LogP contribution in [0.25, 0.3) is 0 Å². The Morgan fingerprint density at radius 2 is 2.04 bits per heavy atom. The minimum absolute atomic E-state index is 0.0294. The fourth-order valence-corrected chi connectivity index (χ4v) is 4.20. The van der Waals surface area contributed by atoms with Crippen LogP contribution in [0.1, 0.15) is 35.3 Å². The number of amides is 1. The maximum absolute atomic E-state index is 13.3. The van der Waals surface area contributed by atoms with Crippen molar-refractivity contribution in [1.82, 2.24) is 24.6 Å². The normalized spacial score (nSPS) is 20.8. The molecule has 0 radical (unpaired) electrons. The fraction of sp³-hybridized carbons (Fsp3) is 0.550. The van der Waals surface area contributed by atoms with E-state index in [1.807, 2.05) is 17.2 Å².